The lowest BCUT2D eigenvalue weighted by Gasteiger charge is -2.21. The summed E-state index contributed by atoms with van der Waals surface area (Å²) in [6.07, 6.45) is -0.719. The zero-order valence-electron chi connectivity index (χ0n) is 22.5. The van der Waals surface area contributed by atoms with E-state index in [4.69, 9.17) is 32.1 Å². The number of nitrogens with zero attached hydrogens (tertiary/aromatic N) is 1. The van der Waals surface area contributed by atoms with Crippen molar-refractivity contribution in [1.82, 2.24) is 15.8 Å². The Hall–Kier alpha value is -4.71. The van der Waals surface area contributed by atoms with Crippen molar-refractivity contribution in [3.63, 3.8) is 0 Å². The number of carbonyl (C=O) groups excluding carboxylic acids is 3. The number of halogens is 1. The Balaban J connectivity index is 1.59. The first-order valence-electron chi connectivity index (χ1n) is 13.2. The van der Waals surface area contributed by atoms with Crippen molar-refractivity contribution >= 4 is 41.3 Å². The number of benzene rings is 2. The molecule has 0 radical (unpaired) electrons. The normalized spacial score (nSPS) is 12.2. The van der Waals surface area contributed by atoms with Crippen LogP contribution in [0.4, 0.5) is 0 Å². The van der Waals surface area contributed by atoms with Gasteiger partial charge < -0.3 is 31.1 Å². The standard InChI is InChI=1S/C29H31ClN4O8/c30-20-4-1-3-19(15-20)17-7-9-18(10-8-17)24-16-21(42-34-24)11-13-25(35)32-23(5-2-6-26(36)37)29(41)33-22(28(31)40)12-14-27(38)39/h1,3-4,7-10,15-16,22-23H,2,5-6,11-14H2,(H2,31,40)(H,32,35)(H,33,41)(H,36,37)(H,38,39). The van der Waals surface area contributed by atoms with Gasteiger partial charge in [0.1, 0.15) is 23.5 Å². The number of aryl methyl sites for hydroxylation is 1. The first-order chi connectivity index (χ1) is 20.0. The van der Waals surface area contributed by atoms with Gasteiger partial charge in [-0.1, -0.05) is 53.2 Å². The summed E-state index contributed by atoms with van der Waals surface area (Å²) in [5.74, 6) is -4.03. The third kappa shape index (κ3) is 10.0. The molecule has 0 fully saturated rings. The fraction of sp³-hybridized carbons (Fsp3) is 0.310. The Bertz CT molecular complexity index is 1420. The molecule has 0 aliphatic heterocycles. The van der Waals surface area contributed by atoms with Gasteiger partial charge in [0.2, 0.25) is 17.7 Å². The minimum absolute atomic E-state index is 0.0219. The van der Waals surface area contributed by atoms with Crippen LogP contribution in [0.1, 0.15) is 44.3 Å². The molecule has 13 heteroatoms. The van der Waals surface area contributed by atoms with Crippen molar-refractivity contribution in [2.45, 2.75) is 57.0 Å². The van der Waals surface area contributed by atoms with Crippen molar-refractivity contribution in [3.8, 4) is 22.4 Å². The molecule has 0 aliphatic carbocycles. The molecule has 1 heterocycles. The average molecular weight is 599 g/mol. The average Bonchev–Trinajstić information content (AvgIpc) is 3.42. The van der Waals surface area contributed by atoms with Gasteiger partial charge >= 0.3 is 11.9 Å². The van der Waals surface area contributed by atoms with E-state index in [1.807, 2.05) is 42.5 Å². The van der Waals surface area contributed by atoms with Gasteiger partial charge in [0, 0.05) is 42.3 Å². The van der Waals surface area contributed by atoms with Crippen molar-refractivity contribution in [2.24, 2.45) is 5.73 Å². The highest BCUT2D eigenvalue weighted by Gasteiger charge is 2.26. The van der Waals surface area contributed by atoms with Crippen LogP contribution in [0.25, 0.3) is 22.4 Å². The summed E-state index contributed by atoms with van der Waals surface area (Å²) in [7, 11) is 0. The Morgan fingerprint density at radius 1 is 0.833 bits per heavy atom. The lowest BCUT2D eigenvalue weighted by Crippen LogP contribution is -2.53. The van der Waals surface area contributed by atoms with Gasteiger partial charge in [-0.15, -0.1) is 0 Å². The third-order valence-electron chi connectivity index (χ3n) is 6.34. The molecule has 2 atom stereocenters. The number of aliphatic carboxylic acids is 2. The molecule has 222 valence electrons. The monoisotopic (exact) mass is 598 g/mol. The van der Waals surface area contributed by atoms with Crippen LogP contribution in [-0.2, 0) is 30.4 Å². The predicted octanol–water partition coefficient (Wildman–Crippen LogP) is 3.17. The number of nitrogens with two attached hydrogens (primary N) is 1. The van der Waals surface area contributed by atoms with E-state index in [1.165, 1.54) is 0 Å². The maximum Gasteiger partial charge on any atom is 0.303 e. The van der Waals surface area contributed by atoms with Crippen LogP contribution < -0.4 is 16.4 Å². The molecule has 2 unspecified atom stereocenters. The topological polar surface area (TPSA) is 202 Å². The summed E-state index contributed by atoms with van der Waals surface area (Å²) >= 11 is 6.08. The molecule has 42 heavy (non-hydrogen) atoms. The van der Waals surface area contributed by atoms with Crippen LogP contribution in [0.2, 0.25) is 5.02 Å². The molecule has 12 nitrogen and oxygen atoms in total. The molecule has 0 aliphatic rings. The van der Waals surface area contributed by atoms with E-state index in [0.717, 1.165) is 16.7 Å². The lowest BCUT2D eigenvalue weighted by atomic mass is 10.0. The van der Waals surface area contributed by atoms with Crippen LogP contribution in [-0.4, -0.2) is 57.1 Å². The van der Waals surface area contributed by atoms with Crippen molar-refractivity contribution in [2.75, 3.05) is 0 Å². The summed E-state index contributed by atoms with van der Waals surface area (Å²) in [6.45, 7) is 0. The second-order valence-corrected chi connectivity index (χ2v) is 10.0. The number of rotatable bonds is 16. The van der Waals surface area contributed by atoms with Gasteiger partial charge in [-0.05, 0) is 42.5 Å². The summed E-state index contributed by atoms with van der Waals surface area (Å²) in [5, 5.41) is 27.4. The molecule has 2 aromatic carbocycles. The van der Waals surface area contributed by atoms with Gasteiger partial charge in [0.25, 0.3) is 0 Å². The largest absolute Gasteiger partial charge is 0.481 e. The lowest BCUT2D eigenvalue weighted by molar-refractivity contribution is -0.138. The predicted molar refractivity (Wildman–Crippen MR) is 152 cm³/mol. The van der Waals surface area contributed by atoms with E-state index in [1.54, 1.807) is 12.1 Å². The van der Waals surface area contributed by atoms with Gasteiger partial charge in [0.15, 0.2) is 0 Å². The number of nitrogens with one attached hydrogen (secondary N) is 2. The number of primary amides is 1. The highest BCUT2D eigenvalue weighted by Crippen LogP contribution is 2.26. The van der Waals surface area contributed by atoms with E-state index >= 15 is 0 Å². The second kappa shape index (κ2) is 15.3. The second-order valence-electron chi connectivity index (χ2n) is 9.57. The smallest absolute Gasteiger partial charge is 0.303 e. The van der Waals surface area contributed by atoms with E-state index in [2.05, 4.69) is 15.8 Å². The minimum atomic E-state index is -1.26. The summed E-state index contributed by atoms with van der Waals surface area (Å²) in [5.41, 5.74) is 8.61. The molecule has 0 saturated carbocycles. The number of carboxylic acids is 2. The Labute approximate surface area is 246 Å². The number of hydrogen-bond donors (Lipinski definition) is 5. The maximum absolute atomic E-state index is 12.8. The molecule has 3 aromatic rings. The first kappa shape index (κ1) is 31.8. The molecule has 3 rings (SSSR count). The van der Waals surface area contributed by atoms with Crippen molar-refractivity contribution < 1.29 is 38.7 Å². The van der Waals surface area contributed by atoms with Crippen molar-refractivity contribution in [1.29, 1.82) is 0 Å². The number of carbonyl (C=O) groups is 5. The van der Waals surface area contributed by atoms with Crippen LogP contribution in [0.15, 0.2) is 59.1 Å². The molecule has 3 amide bonds. The molecule has 6 N–H and O–H groups in total. The maximum atomic E-state index is 12.8. The highest BCUT2D eigenvalue weighted by molar-refractivity contribution is 6.30. The molecule has 0 saturated heterocycles. The van der Waals surface area contributed by atoms with Crippen LogP contribution >= 0.6 is 11.6 Å². The van der Waals surface area contributed by atoms with Gasteiger partial charge in [0.05, 0.1) is 0 Å². The Morgan fingerprint density at radius 3 is 2.17 bits per heavy atom. The fourth-order valence-electron chi connectivity index (χ4n) is 4.12. The van der Waals surface area contributed by atoms with Crippen LogP contribution in [0, 0.1) is 0 Å². The number of amides is 3. The summed E-state index contributed by atoms with van der Waals surface area (Å²) in [6, 6.07) is 14.4. The molecular weight excluding hydrogens is 568 g/mol. The molecule has 0 spiro atoms. The summed E-state index contributed by atoms with van der Waals surface area (Å²) < 4.78 is 5.38. The van der Waals surface area contributed by atoms with E-state index in [0.29, 0.717) is 16.5 Å². The zero-order chi connectivity index (χ0) is 30.6. The number of hydrogen-bond acceptors (Lipinski definition) is 7. The highest BCUT2D eigenvalue weighted by atomic mass is 35.5. The third-order valence-corrected chi connectivity index (χ3v) is 6.57. The molecule has 0 bridgehead atoms. The molecule has 1 aromatic heterocycles. The van der Waals surface area contributed by atoms with Crippen LogP contribution in [0.3, 0.4) is 0 Å². The van der Waals surface area contributed by atoms with E-state index in [-0.39, 0.29) is 38.5 Å². The SMILES string of the molecule is NC(=O)C(CCC(=O)O)NC(=O)C(CCCC(=O)O)NC(=O)CCc1cc(-c2ccc(-c3cccc(Cl)c3)cc2)no1. The van der Waals surface area contributed by atoms with Crippen molar-refractivity contribution in [3.05, 3.63) is 65.4 Å². The van der Waals surface area contributed by atoms with Gasteiger partial charge in [-0.25, -0.2) is 0 Å². The van der Waals surface area contributed by atoms with E-state index < -0.39 is 48.2 Å². The quantitative estimate of drug-likeness (QED) is 0.164. The summed E-state index contributed by atoms with van der Waals surface area (Å²) in [4.78, 5) is 59.0. The Morgan fingerprint density at radius 2 is 1.52 bits per heavy atom. The number of carboxylic acid groups (broad SMARTS) is 2. The first-order valence-corrected chi connectivity index (χ1v) is 13.5. The van der Waals surface area contributed by atoms with E-state index in [9.17, 15) is 24.0 Å². The Kier molecular flexibility index (Phi) is 11.6. The minimum Gasteiger partial charge on any atom is -0.481 e. The zero-order valence-corrected chi connectivity index (χ0v) is 23.3. The van der Waals surface area contributed by atoms with Gasteiger partial charge in [-0.3, -0.25) is 24.0 Å². The molecular formula is C29H31ClN4O8. The fourth-order valence-corrected chi connectivity index (χ4v) is 4.31. The number of aromatic nitrogens is 1. The van der Waals surface area contributed by atoms with Crippen LogP contribution in [0.5, 0.6) is 0 Å². The van der Waals surface area contributed by atoms with Gasteiger partial charge in [-0.2, -0.15) is 0 Å².